The molecule has 4 heteroatoms. The van der Waals surface area contributed by atoms with Crippen molar-refractivity contribution >= 4 is 5.91 Å². The van der Waals surface area contributed by atoms with Crippen LogP contribution in [0.2, 0.25) is 0 Å². The van der Waals surface area contributed by atoms with Gasteiger partial charge in [0.05, 0.1) is 13.7 Å². The second kappa shape index (κ2) is 6.06. The smallest absolute Gasteiger partial charge is 0.238 e. The fourth-order valence-electron chi connectivity index (χ4n) is 2.64. The third kappa shape index (κ3) is 2.89. The van der Waals surface area contributed by atoms with Gasteiger partial charge in [-0.25, -0.2) is 0 Å². The number of nitrogens with one attached hydrogen (secondary N) is 1. The van der Waals surface area contributed by atoms with E-state index in [-0.39, 0.29) is 18.1 Å². The van der Waals surface area contributed by atoms with Gasteiger partial charge in [-0.2, -0.15) is 0 Å². The van der Waals surface area contributed by atoms with Crippen LogP contribution in [0.3, 0.4) is 0 Å². The molecule has 1 heterocycles. The van der Waals surface area contributed by atoms with E-state index in [9.17, 15) is 4.79 Å². The Balaban J connectivity index is 2.19. The van der Waals surface area contributed by atoms with E-state index in [2.05, 4.69) is 19.2 Å². The normalized spacial score (nSPS) is 20.7. The van der Waals surface area contributed by atoms with Gasteiger partial charge in [0, 0.05) is 6.04 Å². The second-order valence-electron chi connectivity index (χ2n) is 5.00. The number of carbonyl (C=O) groups excluding carboxylic acids is 1. The average Bonchev–Trinajstić information content (AvgIpc) is 2.81. The highest BCUT2D eigenvalue weighted by Crippen LogP contribution is 2.27. The number of nitrogens with zero attached hydrogens (tertiary/aromatic N) is 1. The summed E-state index contributed by atoms with van der Waals surface area (Å²) >= 11 is 0. The zero-order valence-electron chi connectivity index (χ0n) is 11.8. The molecule has 1 saturated heterocycles. The van der Waals surface area contributed by atoms with Gasteiger partial charge in [-0.1, -0.05) is 25.5 Å². The average molecular weight is 262 g/mol. The van der Waals surface area contributed by atoms with Crippen LogP contribution in [0.4, 0.5) is 0 Å². The summed E-state index contributed by atoms with van der Waals surface area (Å²) in [6, 6.07) is 8.16. The Hall–Kier alpha value is -1.55. The van der Waals surface area contributed by atoms with E-state index >= 15 is 0 Å². The lowest BCUT2D eigenvalue weighted by Crippen LogP contribution is -2.37. The van der Waals surface area contributed by atoms with Crippen LogP contribution < -0.4 is 10.1 Å². The van der Waals surface area contributed by atoms with Crippen molar-refractivity contribution in [2.45, 2.75) is 38.9 Å². The highest BCUT2D eigenvalue weighted by molar-refractivity contribution is 5.81. The van der Waals surface area contributed by atoms with E-state index in [0.717, 1.165) is 24.2 Å². The van der Waals surface area contributed by atoms with Gasteiger partial charge in [0.2, 0.25) is 5.91 Å². The lowest BCUT2D eigenvalue weighted by Gasteiger charge is -2.30. The molecule has 1 aliphatic heterocycles. The fourth-order valence-corrected chi connectivity index (χ4v) is 2.64. The van der Waals surface area contributed by atoms with Gasteiger partial charge >= 0.3 is 0 Å². The topological polar surface area (TPSA) is 41.6 Å². The lowest BCUT2D eigenvalue weighted by molar-refractivity contribution is -0.130. The summed E-state index contributed by atoms with van der Waals surface area (Å²) < 4.78 is 5.16. The summed E-state index contributed by atoms with van der Waals surface area (Å²) in [5, 5.41) is 3.29. The van der Waals surface area contributed by atoms with E-state index in [1.165, 1.54) is 0 Å². The Morgan fingerprint density at radius 3 is 2.68 bits per heavy atom. The molecule has 19 heavy (non-hydrogen) atoms. The monoisotopic (exact) mass is 262 g/mol. The van der Waals surface area contributed by atoms with E-state index < -0.39 is 0 Å². The molecule has 0 aromatic heterocycles. The number of hydrogen-bond donors (Lipinski definition) is 1. The molecule has 1 amide bonds. The quantitative estimate of drug-likeness (QED) is 0.885. The zero-order chi connectivity index (χ0) is 13.8. The maximum atomic E-state index is 12.0. The summed E-state index contributed by atoms with van der Waals surface area (Å²) in [6.45, 7) is 4.68. The van der Waals surface area contributed by atoms with Crippen molar-refractivity contribution in [1.82, 2.24) is 10.2 Å². The maximum Gasteiger partial charge on any atom is 0.238 e. The summed E-state index contributed by atoms with van der Waals surface area (Å²) in [4.78, 5) is 14.0. The number of benzene rings is 1. The molecule has 1 aliphatic rings. The number of amides is 1. The van der Waals surface area contributed by atoms with Gasteiger partial charge in [0.15, 0.2) is 0 Å². The first-order chi connectivity index (χ1) is 9.17. The van der Waals surface area contributed by atoms with Crippen LogP contribution in [0.15, 0.2) is 24.3 Å². The highest BCUT2D eigenvalue weighted by atomic mass is 16.5. The van der Waals surface area contributed by atoms with Crippen molar-refractivity contribution in [1.29, 1.82) is 0 Å². The largest absolute Gasteiger partial charge is 0.497 e. The number of carbonyl (C=O) groups is 1. The van der Waals surface area contributed by atoms with E-state index in [4.69, 9.17) is 4.74 Å². The van der Waals surface area contributed by atoms with E-state index in [0.29, 0.717) is 6.54 Å². The number of rotatable bonds is 5. The molecule has 2 atom stereocenters. The first-order valence-electron chi connectivity index (χ1n) is 6.86. The van der Waals surface area contributed by atoms with Gasteiger partial charge in [-0.3, -0.25) is 10.1 Å². The molecular formula is C15H22N2O2. The van der Waals surface area contributed by atoms with Crippen LogP contribution in [-0.2, 0) is 4.79 Å². The highest BCUT2D eigenvalue weighted by Gasteiger charge is 2.34. The third-order valence-corrected chi connectivity index (χ3v) is 3.63. The standard InChI is InChI=1S/C15H22N2O2/c1-4-5-11(2)17-14(18)10-16-15(17)12-6-8-13(19-3)9-7-12/h6-9,11,15-16H,4-5,10H2,1-3H3. The van der Waals surface area contributed by atoms with Crippen LogP contribution in [-0.4, -0.2) is 30.5 Å². The SMILES string of the molecule is CCCC(C)N1C(=O)CNC1c1ccc(OC)cc1. The van der Waals surface area contributed by atoms with E-state index in [1.54, 1.807) is 7.11 Å². The maximum absolute atomic E-state index is 12.0. The van der Waals surface area contributed by atoms with Gasteiger partial charge in [-0.05, 0) is 31.0 Å². The summed E-state index contributed by atoms with van der Waals surface area (Å²) in [7, 11) is 1.65. The van der Waals surface area contributed by atoms with E-state index in [1.807, 2.05) is 29.2 Å². The minimum atomic E-state index is -0.0139. The number of hydrogen-bond acceptors (Lipinski definition) is 3. The minimum Gasteiger partial charge on any atom is -0.497 e. The minimum absolute atomic E-state index is 0.0139. The molecule has 1 N–H and O–H groups in total. The van der Waals surface area contributed by atoms with Crippen molar-refractivity contribution in [3.8, 4) is 5.75 Å². The Morgan fingerprint density at radius 1 is 1.42 bits per heavy atom. The summed E-state index contributed by atoms with van der Waals surface area (Å²) in [5.74, 6) is 1.02. The fraction of sp³-hybridized carbons (Fsp3) is 0.533. The van der Waals surface area contributed by atoms with Crippen LogP contribution in [0.1, 0.15) is 38.4 Å². The molecular weight excluding hydrogens is 240 g/mol. The van der Waals surface area contributed by atoms with Crippen LogP contribution >= 0.6 is 0 Å². The van der Waals surface area contributed by atoms with Crippen LogP contribution in [0, 0.1) is 0 Å². The molecule has 0 aliphatic carbocycles. The van der Waals surface area contributed by atoms with Gasteiger partial charge in [0.1, 0.15) is 11.9 Å². The molecule has 2 rings (SSSR count). The predicted molar refractivity (Wildman–Crippen MR) is 75.0 cm³/mol. The molecule has 1 aromatic carbocycles. The molecule has 0 bridgehead atoms. The first-order valence-corrected chi connectivity index (χ1v) is 6.86. The first kappa shape index (κ1) is 13.9. The summed E-state index contributed by atoms with van der Waals surface area (Å²) in [6.07, 6.45) is 2.10. The molecule has 1 aromatic rings. The second-order valence-corrected chi connectivity index (χ2v) is 5.00. The van der Waals surface area contributed by atoms with Crippen LogP contribution in [0.5, 0.6) is 5.75 Å². The van der Waals surface area contributed by atoms with Crippen LogP contribution in [0.25, 0.3) is 0 Å². The van der Waals surface area contributed by atoms with Crippen molar-refractivity contribution in [2.75, 3.05) is 13.7 Å². The Bertz CT molecular complexity index is 430. The molecule has 0 spiro atoms. The molecule has 0 saturated carbocycles. The van der Waals surface area contributed by atoms with Gasteiger partial charge in [-0.15, -0.1) is 0 Å². The van der Waals surface area contributed by atoms with Crippen molar-refractivity contribution in [2.24, 2.45) is 0 Å². The molecule has 2 unspecified atom stereocenters. The third-order valence-electron chi connectivity index (χ3n) is 3.63. The predicted octanol–water partition coefficient (Wildman–Crippen LogP) is 2.31. The Labute approximate surface area is 114 Å². The van der Waals surface area contributed by atoms with Gasteiger partial charge < -0.3 is 9.64 Å². The number of methoxy groups -OCH3 is 1. The van der Waals surface area contributed by atoms with Crippen molar-refractivity contribution < 1.29 is 9.53 Å². The lowest BCUT2D eigenvalue weighted by atomic mass is 10.1. The molecule has 4 nitrogen and oxygen atoms in total. The zero-order valence-corrected chi connectivity index (χ0v) is 11.8. The van der Waals surface area contributed by atoms with Gasteiger partial charge in [0.25, 0.3) is 0 Å². The Kier molecular flexibility index (Phi) is 4.43. The Morgan fingerprint density at radius 2 is 2.11 bits per heavy atom. The number of ether oxygens (including phenoxy) is 1. The van der Waals surface area contributed by atoms with Crippen molar-refractivity contribution in [3.05, 3.63) is 29.8 Å². The summed E-state index contributed by atoms with van der Waals surface area (Å²) in [5.41, 5.74) is 1.11. The molecule has 104 valence electrons. The van der Waals surface area contributed by atoms with Crippen molar-refractivity contribution in [3.63, 3.8) is 0 Å². The molecule has 1 fully saturated rings. The molecule has 0 radical (unpaired) electrons.